The largest absolute Gasteiger partial charge is 0.480 e. The van der Waals surface area contributed by atoms with Crippen molar-refractivity contribution in [2.45, 2.75) is 55.3 Å². The third kappa shape index (κ3) is 3.09. The van der Waals surface area contributed by atoms with Gasteiger partial charge < -0.3 is 15.9 Å². The van der Waals surface area contributed by atoms with E-state index in [2.05, 4.69) is 0 Å². The van der Waals surface area contributed by atoms with Crippen molar-refractivity contribution >= 4 is 17.7 Å². The van der Waals surface area contributed by atoms with Gasteiger partial charge in [0.05, 0.1) is 6.10 Å². The summed E-state index contributed by atoms with van der Waals surface area (Å²) < 4.78 is -0.540. The highest BCUT2D eigenvalue weighted by atomic mass is 32.2. The first-order valence-corrected chi connectivity index (χ1v) is 6.07. The van der Waals surface area contributed by atoms with Crippen LogP contribution in [0.3, 0.4) is 0 Å². The van der Waals surface area contributed by atoms with Crippen molar-refractivity contribution in [2.75, 3.05) is 0 Å². The summed E-state index contributed by atoms with van der Waals surface area (Å²) in [5.41, 5.74) is 5.62. The van der Waals surface area contributed by atoms with Gasteiger partial charge >= 0.3 is 5.97 Å². The van der Waals surface area contributed by atoms with Crippen LogP contribution in [0.25, 0.3) is 0 Å². The van der Waals surface area contributed by atoms with Gasteiger partial charge in [-0.15, -0.1) is 11.8 Å². The summed E-state index contributed by atoms with van der Waals surface area (Å²) in [6, 6.07) is -0.893. The molecule has 0 bridgehead atoms. The van der Waals surface area contributed by atoms with Crippen LogP contribution in [0.4, 0.5) is 0 Å². The van der Waals surface area contributed by atoms with Gasteiger partial charge in [-0.2, -0.15) is 0 Å². The third-order valence-corrected chi connectivity index (χ3v) is 4.60. The summed E-state index contributed by atoms with van der Waals surface area (Å²) in [6.45, 7) is 3.64. The smallest absolute Gasteiger partial charge is 0.321 e. The van der Waals surface area contributed by atoms with Crippen molar-refractivity contribution in [1.82, 2.24) is 0 Å². The van der Waals surface area contributed by atoms with Crippen molar-refractivity contribution in [1.29, 1.82) is 0 Å². The average molecular weight is 233 g/mol. The van der Waals surface area contributed by atoms with Gasteiger partial charge in [0.1, 0.15) is 6.04 Å². The average Bonchev–Trinajstić information content (AvgIpc) is 2.50. The standard InChI is InChI=1S/C10H19NO3S/c1-10(2,8(11)9(13)14)15-7-5-3-4-6(7)12/h6-8,12H,3-5,11H2,1-2H3,(H,13,14)/t6?,7?,8-/m1/s1. The number of aliphatic hydroxyl groups excluding tert-OH is 1. The van der Waals surface area contributed by atoms with E-state index in [-0.39, 0.29) is 11.4 Å². The molecule has 2 unspecified atom stereocenters. The van der Waals surface area contributed by atoms with E-state index < -0.39 is 16.8 Å². The minimum Gasteiger partial charge on any atom is -0.480 e. The van der Waals surface area contributed by atoms with Crippen LogP contribution in [0, 0.1) is 0 Å². The van der Waals surface area contributed by atoms with Gasteiger partial charge in [0, 0.05) is 10.00 Å². The van der Waals surface area contributed by atoms with Crippen LogP contribution in [0.1, 0.15) is 33.1 Å². The fraction of sp³-hybridized carbons (Fsp3) is 0.900. The number of thioether (sulfide) groups is 1. The zero-order valence-electron chi connectivity index (χ0n) is 9.14. The Morgan fingerprint density at radius 3 is 2.53 bits per heavy atom. The maximum atomic E-state index is 10.8. The first-order chi connectivity index (χ1) is 6.84. The van der Waals surface area contributed by atoms with E-state index in [1.54, 1.807) is 0 Å². The SMILES string of the molecule is CC(C)(SC1CCCC1O)[C@H](N)C(=O)O. The monoisotopic (exact) mass is 233 g/mol. The van der Waals surface area contributed by atoms with Crippen molar-refractivity contribution in [3.63, 3.8) is 0 Å². The minimum atomic E-state index is -0.986. The Morgan fingerprint density at radius 2 is 2.13 bits per heavy atom. The molecule has 1 aliphatic rings. The molecule has 1 rings (SSSR count). The number of hydrogen-bond donors (Lipinski definition) is 3. The van der Waals surface area contributed by atoms with Crippen LogP contribution in [-0.4, -0.2) is 38.3 Å². The maximum Gasteiger partial charge on any atom is 0.321 e. The highest BCUT2D eigenvalue weighted by Gasteiger charge is 2.38. The Labute approximate surface area is 94.2 Å². The quantitative estimate of drug-likeness (QED) is 0.669. The van der Waals surface area contributed by atoms with Gasteiger partial charge in [0.15, 0.2) is 0 Å². The molecular weight excluding hydrogens is 214 g/mol. The Morgan fingerprint density at radius 1 is 1.53 bits per heavy atom. The summed E-state index contributed by atoms with van der Waals surface area (Å²) >= 11 is 1.50. The van der Waals surface area contributed by atoms with Crippen LogP contribution in [0.5, 0.6) is 0 Å². The molecular formula is C10H19NO3S. The molecule has 0 amide bonds. The van der Waals surface area contributed by atoms with Crippen molar-refractivity contribution in [3.05, 3.63) is 0 Å². The first-order valence-electron chi connectivity index (χ1n) is 5.19. The molecule has 0 radical (unpaired) electrons. The lowest BCUT2D eigenvalue weighted by Gasteiger charge is -2.31. The fourth-order valence-corrected chi connectivity index (χ4v) is 3.41. The Balaban J connectivity index is 2.58. The highest BCUT2D eigenvalue weighted by Crippen LogP contribution is 2.39. The Kier molecular flexibility index (Phi) is 4.03. The molecule has 5 heteroatoms. The van der Waals surface area contributed by atoms with Gasteiger partial charge in [0.25, 0.3) is 0 Å². The van der Waals surface area contributed by atoms with Crippen molar-refractivity contribution in [2.24, 2.45) is 5.73 Å². The van der Waals surface area contributed by atoms with E-state index in [4.69, 9.17) is 10.8 Å². The lowest BCUT2D eigenvalue weighted by Crippen LogP contribution is -2.48. The number of nitrogens with two attached hydrogens (primary N) is 1. The van der Waals surface area contributed by atoms with Crippen molar-refractivity contribution < 1.29 is 15.0 Å². The minimum absolute atomic E-state index is 0.130. The van der Waals surface area contributed by atoms with Crippen molar-refractivity contribution in [3.8, 4) is 0 Å². The molecule has 0 spiro atoms. The number of aliphatic hydroxyl groups is 1. The van der Waals surface area contributed by atoms with E-state index in [0.717, 1.165) is 19.3 Å². The second-order valence-electron chi connectivity index (χ2n) is 4.57. The van der Waals surface area contributed by atoms with Crippen LogP contribution < -0.4 is 5.73 Å². The molecule has 0 aliphatic heterocycles. The second-order valence-corrected chi connectivity index (χ2v) is 6.47. The number of carboxylic acid groups (broad SMARTS) is 1. The molecule has 4 nitrogen and oxygen atoms in total. The number of carbonyl (C=O) groups is 1. The number of hydrogen-bond acceptors (Lipinski definition) is 4. The number of carboxylic acids is 1. The van der Waals surface area contributed by atoms with Crippen LogP contribution in [0.2, 0.25) is 0 Å². The lowest BCUT2D eigenvalue weighted by molar-refractivity contribution is -0.139. The molecule has 0 saturated heterocycles. The highest BCUT2D eigenvalue weighted by molar-refractivity contribution is 8.01. The zero-order valence-corrected chi connectivity index (χ0v) is 9.96. The molecule has 0 aromatic carbocycles. The molecule has 15 heavy (non-hydrogen) atoms. The molecule has 88 valence electrons. The summed E-state index contributed by atoms with van der Waals surface area (Å²) in [5.74, 6) is -0.986. The molecule has 1 fully saturated rings. The molecule has 1 aliphatic carbocycles. The van der Waals surface area contributed by atoms with E-state index in [0.29, 0.717) is 0 Å². The molecule has 0 aromatic heterocycles. The summed E-state index contributed by atoms with van der Waals surface area (Å²) in [7, 11) is 0. The Hall–Kier alpha value is -0.260. The topological polar surface area (TPSA) is 83.5 Å². The van der Waals surface area contributed by atoms with Crippen LogP contribution in [-0.2, 0) is 4.79 Å². The number of aliphatic carboxylic acids is 1. The first kappa shape index (κ1) is 12.8. The van der Waals surface area contributed by atoms with Gasteiger partial charge in [0.2, 0.25) is 0 Å². The van der Waals surface area contributed by atoms with Gasteiger partial charge in [-0.3, -0.25) is 4.79 Å². The Bertz CT molecular complexity index is 245. The summed E-state index contributed by atoms with van der Waals surface area (Å²) in [4.78, 5) is 10.8. The normalized spacial score (nSPS) is 29.1. The third-order valence-electron chi connectivity index (χ3n) is 2.89. The fourth-order valence-electron chi connectivity index (χ4n) is 1.80. The van der Waals surface area contributed by atoms with Gasteiger partial charge in [-0.1, -0.05) is 0 Å². The van der Waals surface area contributed by atoms with E-state index >= 15 is 0 Å². The van der Waals surface area contributed by atoms with Gasteiger partial charge in [-0.05, 0) is 33.1 Å². The lowest BCUT2D eigenvalue weighted by atomic mass is 10.1. The summed E-state index contributed by atoms with van der Waals surface area (Å²) in [5, 5.41) is 18.7. The summed E-state index contributed by atoms with van der Waals surface area (Å²) in [6.07, 6.45) is 2.46. The van der Waals surface area contributed by atoms with E-state index in [9.17, 15) is 9.90 Å². The predicted octanol–water partition coefficient (Wildman–Crippen LogP) is 0.824. The number of rotatable bonds is 4. The molecule has 0 aromatic rings. The van der Waals surface area contributed by atoms with E-state index in [1.807, 2.05) is 13.8 Å². The van der Waals surface area contributed by atoms with Crippen LogP contribution in [0.15, 0.2) is 0 Å². The molecule has 3 atom stereocenters. The molecule has 1 saturated carbocycles. The van der Waals surface area contributed by atoms with Gasteiger partial charge in [-0.25, -0.2) is 0 Å². The second kappa shape index (κ2) is 4.72. The zero-order chi connectivity index (χ0) is 11.6. The molecule has 0 heterocycles. The predicted molar refractivity (Wildman–Crippen MR) is 60.9 cm³/mol. The van der Waals surface area contributed by atoms with E-state index in [1.165, 1.54) is 11.8 Å². The maximum absolute atomic E-state index is 10.8. The molecule has 4 N–H and O–H groups in total. The van der Waals surface area contributed by atoms with Crippen LogP contribution >= 0.6 is 11.8 Å².